The van der Waals surface area contributed by atoms with E-state index in [2.05, 4.69) is 15.6 Å². The first kappa shape index (κ1) is 19.4. The van der Waals surface area contributed by atoms with Gasteiger partial charge in [0.05, 0.1) is 5.69 Å². The lowest BCUT2D eigenvalue weighted by Crippen LogP contribution is -2.41. The molecule has 2 aromatic rings. The zero-order valence-electron chi connectivity index (χ0n) is 16.1. The van der Waals surface area contributed by atoms with Crippen LogP contribution >= 0.6 is 11.6 Å². The Kier molecular flexibility index (Phi) is 5.29. The van der Waals surface area contributed by atoms with Crippen LogP contribution in [0.3, 0.4) is 0 Å². The number of hydrogen-bond donors (Lipinski definition) is 2. The summed E-state index contributed by atoms with van der Waals surface area (Å²) in [5.74, 6) is -0.312. The third-order valence-corrected chi connectivity index (χ3v) is 4.95. The largest absolute Gasteiger partial charge is 0.346 e. The van der Waals surface area contributed by atoms with Gasteiger partial charge in [-0.25, -0.2) is 4.98 Å². The fourth-order valence-electron chi connectivity index (χ4n) is 3.22. The predicted octanol–water partition coefficient (Wildman–Crippen LogP) is 3.96. The van der Waals surface area contributed by atoms with Crippen LogP contribution in [0.15, 0.2) is 18.2 Å². The van der Waals surface area contributed by atoms with Crippen molar-refractivity contribution in [2.24, 2.45) is 0 Å². The Balaban J connectivity index is 1.94. The number of fused-ring (bicyclic) bond motifs is 1. The highest BCUT2D eigenvalue weighted by atomic mass is 35.5. The molecule has 144 valence electrons. The van der Waals surface area contributed by atoms with E-state index < -0.39 is 0 Å². The molecular weight excluding hydrogens is 364 g/mol. The van der Waals surface area contributed by atoms with Crippen LogP contribution in [0.4, 0.5) is 5.69 Å². The van der Waals surface area contributed by atoms with Gasteiger partial charge in [-0.3, -0.25) is 9.59 Å². The molecule has 0 fully saturated rings. The molecule has 1 aromatic carbocycles. The summed E-state index contributed by atoms with van der Waals surface area (Å²) in [5.41, 5.74) is 2.24. The Morgan fingerprint density at radius 1 is 1.19 bits per heavy atom. The Hall–Kier alpha value is -2.34. The van der Waals surface area contributed by atoms with E-state index in [0.29, 0.717) is 22.9 Å². The molecule has 7 heteroatoms. The molecule has 2 heterocycles. The lowest BCUT2D eigenvalue weighted by Gasteiger charge is -2.21. The second-order valence-corrected chi connectivity index (χ2v) is 8.32. The Labute approximate surface area is 164 Å². The smallest absolute Gasteiger partial charge is 0.291 e. The summed E-state index contributed by atoms with van der Waals surface area (Å²) >= 11 is 6.14. The van der Waals surface area contributed by atoms with E-state index in [1.165, 1.54) is 0 Å². The van der Waals surface area contributed by atoms with Gasteiger partial charge in [-0.15, -0.1) is 0 Å². The van der Waals surface area contributed by atoms with E-state index >= 15 is 0 Å². The summed E-state index contributed by atoms with van der Waals surface area (Å²) in [5, 5.41) is 6.41. The molecule has 1 aromatic heterocycles. The number of hydrogen-bond acceptors (Lipinski definition) is 3. The van der Waals surface area contributed by atoms with Gasteiger partial charge in [0.1, 0.15) is 5.69 Å². The van der Waals surface area contributed by atoms with Crippen molar-refractivity contribution < 1.29 is 9.59 Å². The zero-order valence-corrected chi connectivity index (χ0v) is 16.9. The Bertz CT molecular complexity index is 896. The second kappa shape index (κ2) is 7.35. The normalized spacial score (nSPS) is 13.8. The molecule has 0 radical (unpaired) electrons. The molecule has 27 heavy (non-hydrogen) atoms. The average molecular weight is 389 g/mol. The number of anilines is 1. The van der Waals surface area contributed by atoms with Crippen molar-refractivity contribution in [1.29, 1.82) is 0 Å². The molecular formula is C20H25ClN4O2. The Morgan fingerprint density at radius 2 is 1.93 bits per heavy atom. The van der Waals surface area contributed by atoms with Crippen molar-refractivity contribution in [3.8, 4) is 0 Å². The minimum atomic E-state index is -0.372. The van der Waals surface area contributed by atoms with Crippen LogP contribution < -0.4 is 10.6 Å². The minimum absolute atomic E-state index is 0.244. The molecule has 6 nitrogen and oxygen atoms in total. The van der Waals surface area contributed by atoms with Gasteiger partial charge < -0.3 is 15.2 Å². The molecule has 2 amide bonds. The summed E-state index contributed by atoms with van der Waals surface area (Å²) in [6.45, 7) is 8.29. The summed E-state index contributed by atoms with van der Waals surface area (Å²) in [6, 6.07) is 5.36. The number of carbonyl (C=O) groups excluding carboxylic acids is 2. The molecule has 3 rings (SSSR count). The van der Waals surface area contributed by atoms with E-state index in [-0.39, 0.29) is 23.2 Å². The summed E-state index contributed by atoms with van der Waals surface area (Å²) in [7, 11) is 0. The predicted molar refractivity (Wildman–Crippen MR) is 107 cm³/mol. The van der Waals surface area contributed by atoms with E-state index in [1.807, 2.05) is 32.3 Å². The van der Waals surface area contributed by atoms with Gasteiger partial charge in [-0.2, -0.15) is 0 Å². The van der Waals surface area contributed by atoms with E-state index in [9.17, 15) is 9.59 Å². The summed E-state index contributed by atoms with van der Waals surface area (Å²) in [4.78, 5) is 30.0. The fraction of sp³-hybridized carbons (Fsp3) is 0.450. The maximum Gasteiger partial charge on any atom is 0.291 e. The number of amides is 2. The highest BCUT2D eigenvalue weighted by Crippen LogP contribution is 2.25. The number of imidazole rings is 1. The number of rotatable bonds is 3. The molecule has 0 saturated carbocycles. The molecule has 0 unspecified atom stereocenters. The first-order valence-electron chi connectivity index (χ1n) is 9.16. The van der Waals surface area contributed by atoms with Crippen LogP contribution in [0.1, 0.15) is 66.0 Å². The lowest BCUT2D eigenvalue weighted by atomic mass is 10.1. The van der Waals surface area contributed by atoms with Crippen LogP contribution in [0.2, 0.25) is 5.02 Å². The molecule has 2 N–H and O–H groups in total. The quantitative estimate of drug-likeness (QED) is 0.835. The average Bonchev–Trinajstić information content (AvgIpc) is 2.97. The third-order valence-electron chi connectivity index (χ3n) is 4.54. The van der Waals surface area contributed by atoms with Gasteiger partial charge >= 0.3 is 0 Å². The number of nitrogens with zero attached hydrogens (tertiary/aromatic N) is 2. The third kappa shape index (κ3) is 4.16. The Morgan fingerprint density at radius 3 is 2.63 bits per heavy atom. The van der Waals surface area contributed by atoms with Crippen molar-refractivity contribution in [2.45, 2.75) is 59.0 Å². The van der Waals surface area contributed by atoms with E-state index in [4.69, 9.17) is 11.6 Å². The van der Waals surface area contributed by atoms with Gasteiger partial charge in [-0.1, -0.05) is 17.7 Å². The summed E-state index contributed by atoms with van der Waals surface area (Å²) < 4.78 is 1.87. The highest BCUT2D eigenvalue weighted by molar-refractivity contribution is 6.31. The maximum absolute atomic E-state index is 12.9. The van der Waals surface area contributed by atoms with Crippen molar-refractivity contribution in [3.05, 3.63) is 46.0 Å². The first-order chi connectivity index (χ1) is 12.7. The number of carbonyl (C=O) groups is 2. The molecule has 1 aliphatic rings. The van der Waals surface area contributed by atoms with Crippen LogP contribution in [-0.2, 0) is 13.0 Å². The van der Waals surface area contributed by atoms with E-state index in [0.717, 1.165) is 30.5 Å². The monoisotopic (exact) mass is 388 g/mol. The number of benzene rings is 1. The van der Waals surface area contributed by atoms with Crippen molar-refractivity contribution >= 4 is 29.1 Å². The minimum Gasteiger partial charge on any atom is -0.346 e. The van der Waals surface area contributed by atoms with Crippen molar-refractivity contribution in [3.63, 3.8) is 0 Å². The molecule has 0 aliphatic carbocycles. The lowest BCUT2D eigenvalue weighted by molar-refractivity contribution is 0.0913. The first-order valence-corrected chi connectivity index (χ1v) is 9.53. The van der Waals surface area contributed by atoms with E-state index in [1.54, 1.807) is 18.2 Å². The molecule has 0 spiro atoms. The molecule has 1 aliphatic heterocycles. The molecule has 0 bridgehead atoms. The van der Waals surface area contributed by atoms with Crippen LogP contribution in [-0.4, -0.2) is 26.9 Å². The highest BCUT2D eigenvalue weighted by Gasteiger charge is 2.29. The van der Waals surface area contributed by atoms with Gasteiger partial charge in [0.2, 0.25) is 0 Å². The van der Waals surface area contributed by atoms with Crippen molar-refractivity contribution in [1.82, 2.24) is 14.9 Å². The van der Waals surface area contributed by atoms with Crippen LogP contribution in [0, 0.1) is 6.92 Å². The maximum atomic E-state index is 12.9. The fourth-order valence-corrected chi connectivity index (χ4v) is 3.39. The topological polar surface area (TPSA) is 76.0 Å². The second-order valence-electron chi connectivity index (χ2n) is 7.91. The SMILES string of the molecule is Cc1c(Cl)cccc1NC(=O)c1nc(C(=O)NC(C)(C)C)c2n1CCCC2. The van der Waals surface area contributed by atoms with Gasteiger partial charge in [0, 0.05) is 22.8 Å². The molecule has 0 saturated heterocycles. The van der Waals surface area contributed by atoms with Crippen LogP contribution in [0.5, 0.6) is 0 Å². The van der Waals surface area contributed by atoms with Crippen LogP contribution in [0.25, 0.3) is 0 Å². The summed E-state index contributed by atoms with van der Waals surface area (Å²) in [6.07, 6.45) is 2.68. The van der Waals surface area contributed by atoms with Gasteiger partial charge in [-0.05, 0) is 64.7 Å². The number of halogens is 1. The number of nitrogens with one attached hydrogen (secondary N) is 2. The van der Waals surface area contributed by atoms with Gasteiger partial charge in [0.25, 0.3) is 11.8 Å². The zero-order chi connectivity index (χ0) is 19.8. The standard InChI is InChI=1S/C20H25ClN4O2/c1-12-13(21)8-7-9-14(12)22-19(27)17-23-16(18(26)24-20(2,3)4)15-10-5-6-11-25(15)17/h7-9H,5-6,10-11H2,1-4H3,(H,22,27)(H,24,26). The van der Waals surface area contributed by atoms with Gasteiger partial charge in [0.15, 0.2) is 5.82 Å². The molecule has 0 atom stereocenters. The number of aromatic nitrogens is 2. The van der Waals surface area contributed by atoms with Crippen molar-refractivity contribution in [2.75, 3.05) is 5.32 Å².